The van der Waals surface area contributed by atoms with E-state index in [0.717, 1.165) is 5.69 Å². The van der Waals surface area contributed by atoms with Gasteiger partial charge in [0.25, 0.3) is 11.6 Å². The third kappa shape index (κ3) is 4.52. The van der Waals surface area contributed by atoms with Crippen LogP contribution in [0.25, 0.3) is 17.4 Å². The van der Waals surface area contributed by atoms with Crippen molar-refractivity contribution in [3.8, 4) is 17.4 Å². The maximum Gasteiger partial charge on any atom is 0.270 e. The summed E-state index contributed by atoms with van der Waals surface area (Å²) in [6.07, 6.45) is 1.41. The molecular weight excluding hydrogens is 408 g/mol. The van der Waals surface area contributed by atoms with Crippen molar-refractivity contribution >= 4 is 23.4 Å². The lowest BCUT2D eigenvalue weighted by molar-refractivity contribution is -0.384. The van der Waals surface area contributed by atoms with Crippen molar-refractivity contribution in [2.45, 2.75) is 0 Å². The molecule has 1 fully saturated rings. The lowest BCUT2D eigenvalue weighted by Crippen LogP contribution is -2.49. The van der Waals surface area contributed by atoms with Crippen molar-refractivity contribution in [2.24, 2.45) is 0 Å². The molecule has 0 N–H and O–H groups in total. The number of nitro benzene ring substituents is 1. The molecule has 1 aliphatic rings. The number of hydrogen-bond acceptors (Lipinski definition) is 6. The number of nitriles is 1. The van der Waals surface area contributed by atoms with Gasteiger partial charge < -0.3 is 14.2 Å². The maximum atomic E-state index is 12.9. The van der Waals surface area contributed by atoms with E-state index in [9.17, 15) is 20.2 Å². The largest absolute Gasteiger partial charge is 0.457 e. The van der Waals surface area contributed by atoms with E-state index in [-0.39, 0.29) is 17.2 Å². The maximum absolute atomic E-state index is 12.9. The molecule has 8 nitrogen and oxygen atoms in total. The Balaban J connectivity index is 1.46. The van der Waals surface area contributed by atoms with Crippen LogP contribution in [0.15, 0.2) is 76.7 Å². The van der Waals surface area contributed by atoms with Crippen LogP contribution >= 0.6 is 0 Å². The molecule has 0 saturated carbocycles. The third-order valence-electron chi connectivity index (χ3n) is 5.29. The highest BCUT2D eigenvalue weighted by Crippen LogP contribution is 2.27. The van der Waals surface area contributed by atoms with Crippen LogP contribution in [-0.4, -0.2) is 41.9 Å². The number of para-hydroxylation sites is 1. The summed E-state index contributed by atoms with van der Waals surface area (Å²) in [5, 5.41) is 20.5. The summed E-state index contributed by atoms with van der Waals surface area (Å²) in [7, 11) is 0. The molecule has 1 amide bonds. The normalized spacial score (nSPS) is 14.2. The minimum Gasteiger partial charge on any atom is -0.457 e. The molecule has 1 saturated heterocycles. The van der Waals surface area contributed by atoms with Gasteiger partial charge in [0.2, 0.25) is 0 Å². The fourth-order valence-corrected chi connectivity index (χ4v) is 3.62. The standard InChI is InChI=1S/C24H20N4O4/c25-17-19(24(29)27-13-11-26(12-14-27)20-6-2-1-3-7-20)16-22-9-10-23(32-22)18-5-4-8-21(15-18)28(30)31/h1-10,15-16H,11-14H2/b19-16-. The Labute approximate surface area is 184 Å². The molecule has 160 valence electrons. The van der Waals surface area contributed by atoms with Gasteiger partial charge in [-0.05, 0) is 24.3 Å². The molecule has 32 heavy (non-hydrogen) atoms. The van der Waals surface area contributed by atoms with Crippen LogP contribution in [0.1, 0.15) is 5.76 Å². The van der Waals surface area contributed by atoms with Crippen molar-refractivity contribution in [1.82, 2.24) is 4.90 Å². The molecule has 3 aromatic rings. The van der Waals surface area contributed by atoms with Gasteiger partial charge in [0.05, 0.1) is 4.92 Å². The number of amides is 1. The smallest absolute Gasteiger partial charge is 0.270 e. The van der Waals surface area contributed by atoms with E-state index in [1.165, 1.54) is 18.2 Å². The predicted octanol–water partition coefficient (Wildman–Crippen LogP) is 4.11. The van der Waals surface area contributed by atoms with Crippen LogP contribution in [0.2, 0.25) is 0 Å². The molecule has 8 heteroatoms. The van der Waals surface area contributed by atoms with E-state index in [1.807, 2.05) is 36.4 Å². The summed E-state index contributed by atoms with van der Waals surface area (Å²) in [6, 6.07) is 21.3. The fourth-order valence-electron chi connectivity index (χ4n) is 3.62. The summed E-state index contributed by atoms with van der Waals surface area (Å²) < 4.78 is 5.72. The van der Waals surface area contributed by atoms with Crippen molar-refractivity contribution in [1.29, 1.82) is 5.26 Å². The van der Waals surface area contributed by atoms with Crippen molar-refractivity contribution < 1.29 is 14.1 Å². The molecule has 1 aliphatic heterocycles. The number of piperazine rings is 1. The van der Waals surface area contributed by atoms with Crippen LogP contribution < -0.4 is 4.90 Å². The van der Waals surface area contributed by atoms with Crippen LogP contribution in [0.4, 0.5) is 11.4 Å². The number of anilines is 1. The number of benzene rings is 2. The van der Waals surface area contributed by atoms with Crippen molar-refractivity contribution in [2.75, 3.05) is 31.1 Å². The fraction of sp³-hybridized carbons (Fsp3) is 0.167. The zero-order valence-corrected chi connectivity index (χ0v) is 17.2. The number of carbonyl (C=O) groups is 1. The van der Waals surface area contributed by atoms with Crippen molar-refractivity contribution in [3.63, 3.8) is 0 Å². The number of furan rings is 1. The van der Waals surface area contributed by atoms with Gasteiger partial charge in [-0.15, -0.1) is 0 Å². The average Bonchev–Trinajstić information content (AvgIpc) is 3.31. The zero-order valence-electron chi connectivity index (χ0n) is 17.2. The van der Waals surface area contributed by atoms with Gasteiger partial charge in [-0.1, -0.05) is 30.3 Å². The number of nitrogens with zero attached hydrogens (tertiary/aromatic N) is 4. The van der Waals surface area contributed by atoms with E-state index < -0.39 is 4.92 Å². The summed E-state index contributed by atoms with van der Waals surface area (Å²) in [5.41, 5.74) is 1.59. The van der Waals surface area contributed by atoms with Gasteiger partial charge >= 0.3 is 0 Å². The molecule has 0 aliphatic carbocycles. The number of hydrogen-bond donors (Lipinski definition) is 0. The highest BCUT2D eigenvalue weighted by atomic mass is 16.6. The lowest BCUT2D eigenvalue weighted by Gasteiger charge is -2.36. The lowest BCUT2D eigenvalue weighted by atomic mass is 10.1. The average molecular weight is 428 g/mol. The Morgan fingerprint density at radius 3 is 2.47 bits per heavy atom. The van der Waals surface area contributed by atoms with E-state index in [2.05, 4.69) is 4.90 Å². The third-order valence-corrected chi connectivity index (χ3v) is 5.29. The first-order valence-corrected chi connectivity index (χ1v) is 10.1. The topological polar surface area (TPSA) is 104 Å². The van der Waals surface area contributed by atoms with Gasteiger partial charge in [-0.3, -0.25) is 14.9 Å². The summed E-state index contributed by atoms with van der Waals surface area (Å²) in [4.78, 5) is 27.3. The van der Waals surface area contributed by atoms with E-state index in [0.29, 0.717) is 43.3 Å². The molecule has 2 aromatic carbocycles. The monoisotopic (exact) mass is 428 g/mol. The molecule has 0 radical (unpaired) electrons. The number of rotatable bonds is 5. The predicted molar refractivity (Wildman–Crippen MR) is 120 cm³/mol. The summed E-state index contributed by atoms with van der Waals surface area (Å²) in [5.74, 6) is 0.411. The molecule has 2 heterocycles. The van der Waals surface area contributed by atoms with Crippen LogP contribution in [0.3, 0.4) is 0 Å². The quantitative estimate of drug-likeness (QED) is 0.262. The van der Waals surface area contributed by atoms with E-state index >= 15 is 0 Å². The molecule has 0 unspecified atom stereocenters. The molecule has 0 spiro atoms. The highest BCUT2D eigenvalue weighted by Gasteiger charge is 2.24. The Hall–Kier alpha value is -4.38. The summed E-state index contributed by atoms with van der Waals surface area (Å²) >= 11 is 0. The van der Waals surface area contributed by atoms with E-state index in [4.69, 9.17) is 4.42 Å². The molecular formula is C24H20N4O4. The number of non-ortho nitro benzene ring substituents is 1. The molecule has 1 aromatic heterocycles. The van der Waals surface area contributed by atoms with Gasteiger partial charge in [0, 0.05) is 55.6 Å². The minimum absolute atomic E-state index is 0.0156. The van der Waals surface area contributed by atoms with Crippen LogP contribution in [0, 0.1) is 21.4 Å². The number of carbonyl (C=O) groups excluding carboxylic acids is 1. The van der Waals surface area contributed by atoms with Gasteiger partial charge in [0.15, 0.2) is 0 Å². The highest BCUT2D eigenvalue weighted by molar-refractivity contribution is 6.01. The Morgan fingerprint density at radius 1 is 1.03 bits per heavy atom. The summed E-state index contributed by atoms with van der Waals surface area (Å²) in [6.45, 7) is 2.41. The second-order valence-electron chi connectivity index (χ2n) is 7.29. The second-order valence-corrected chi connectivity index (χ2v) is 7.29. The molecule has 0 bridgehead atoms. The zero-order chi connectivity index (χ0) is 22.5. The Bertz CT molecular complexity index is 1200. The van der Waals surface area contributed by atoms with Crippen LogP contribution in [-0.2, 0) is 4.79 Å². The second kappa shape index (κ2) is 9.18. The van der Waals surface area contributed by atoms with Crippen molar-refractivity contribution in [3.05, 3.63) is 88.2 Å². The Kier molecular flexibility index (Phi) is 5.99. The van der Waals surface area contributed by atoms with Gasteiger partial charge in [-0.25, -0.2) is 0 Å². The molecule has 0 atom stereocenters. The SMILES string of the molecule is N#C/C(=C/c1ccc(-c2cccc([N+](=O)[O-])c2)o1)C(=O)N1CCN(c2ccccc2)CC1. The van der Waals surface area contributed by atoms with Gasteiger partial charge in [-0.2, -0.15) is 5.26 Å². The first kappa shape index (κ1) is 20.9. The first-order valence-electron chi connectivity index (χ1n) is 10.1. The first-order chi connectivity index (χ1) is 15.5. The molecule has 4 rings (SSSR count). The van der Waals surface area contributed by atoms with E-state index in [1.54, 1.807) is 29.2 Å². The number of nitro groups is 1. The Morgan fingerprint density at radius 2 is 1.78 bits per heavy atom. The van der Waals surface area contributed by atoms with Crippen LogP contribution in [0.5, 0.6) is 0 Å². The van der Waals surface area contributed by atoms with Gasteiger partial charge in [0.1, 0.15) is 23.2 Å². The minimum atomic E-state index is -0.475.